The molecule has 2 unspecified atom stereocenters. The minimum atomic E-state index is -0.698. The fourth-order valence-electron chi connectivity index (χ4n) is 3.62. The summed E-state index contributed by atoms with van der Waals surface area (Å²) in [6.45, 7) is 10.3. The van der Waals surface area contributed by atoms with Crippen LogP contribution in [0.4, 0.5) is 0 Å². The van der Waals surface area contributed by atoms with Gasteiger partial charge in [0.1, 0.15) is 0 Å². The van der Waals surface area contributed by atoms with Crippen LogP contribution in [0.3, 0.4) is 0 Å². The van der Waals surface area contributed by atoms with Gasteiger partial charge in [-0.3, -0.25) is 4.79 Å². The zero-order chi connectivity index (χ0) is 17.3. The average Bonchev–Trinajstić information content (AvgIpc) is 2.97. The Balaban J connectivity index is 1.86. The molecular weight excluding hydrogens is 295 g/mol. The third-order valence-corrected chi connectivity index (χ3v) is 5.83. The molecule has 0 aromatic carbocycles. The summed E-state index contributed by atoms with van der Waals surface area (Å²) in [6.07, 6.45) is 4.11. The Morgan fingerprint density at radius 3 is 2.39 bits per heavy atom. The molecule has 0 spiro atoms. The molecule has 0 radical (unpaired) electrons. The predicted molar refractivity (Wildman–Crippen MR) is 89.0 cm³/mol. The first-order chi connectivity index (χ1) is 10.7. The summed E-state index contributed by atoms with van der Waals surface area (Å²) in [5.74, 6) is 0.159. The number of aliphatic hydroxyl groups excluding tert-OH is 1. The number of hydrogen-bond acceptors (Lipinski definition) is 5. The number of ether oxygens (including phenoxy) is 1. The summed E-state index contributed by atoms with van der Waals surface area (Å²) >= 11 is 0. The Hall–Kier alpha value is -0.585. The van der Waals surface area contributed by atoms with Crippen LogP contribution in [-0.4, -0.2) is 42.6 Å². The molecule has 2 atom stereocenters. The Labute approximate surface area is 140 Å². The van der Waals surface area contributed by atoms with E-state index in [0.29, 0.717) is 25.4 Å². The lowest BCUT2D eigenvalue weighted by atomic mass is 9.78. The van der Waals surface area contributed by atoms with E-state index in [-0.39, 0.29) is 30.9 Å². The molecule has 2 aliphatic rings. The van der Waals surface area contributed by atoms with Gasteiger partial charge < -0.3 is 19.2 Å². The van der Waals surface area contributed by atoms with Crippen LogP contribution in [-0.2, 0) is 18.8 Å². The number of esters is 1. The van der Waals surface area contributed by atoms with E-state index in [1.54, 1.807) is 6.92 Å². The molecule has 2 fully saturated rings. The lowest BCUT2D eigenvalue weighted by Crippen LogP contribution is -2.41. The second-order valence-electron chi connectivity index (χ2n) is 8.03. The summed E-state index contributed by atoms with van der Waals surface area (Å²) in [5, 5.41) is 9.70. The van der Waals surface area contributed by atoms with Gasteiger partial charge in [-0.05, 0) is 66.1 Å². The van der Waals surface area contributed by atoms with Gasteiger partial charge in [0.05, 0.1) is 29.8 Å². The summed E-state index contributed by atoms with van der Waals surface area (Å²) in [5.41, 5.74) is -1.29. The molecule has 0 aromatic heterocycles. The smallest absolute Gasteiger partial charge is 0.457 e. The zero-order valence-electron chi connectivity index (χ0n) is 15.2. The van der Waals surface area contributed by atoms with E-state index >= 15 is 0 Å². The lowest BCUT2D eigenvalue weighted by molar-refractivity contribution is -0.157. The highest BCUT2D eigenvalue weighted by atomic mass is 16.7. The molecule has 23 heavy (non-hydrogen) atoms. The second-order valence-corrected chi connectivity index (χ2v) is 8.03. The third-order valence-electron chi connectivity index (χ3n) is 5.83. The van der Waals surface area contributed by atoms with E-state index in [9.17, 15) is 9.90 Å². The van der Waals surface area contributed by atoms with Gasteiger partial charge in [0, 0.05) is 0 Å². The topological polar surface area (TPSA) is 65.0 Å². The van der Waals surface area contributed by atoms with Crippen molar-refractivity contribution in [1.82, 2.24) is 0 Å². The van der Waals surface area contributed by atoms with Gasteiger partial charge >= 0.3 is 13.1 Å². The standard InChI is InChI=1S/C17H31BO5/c1-6-21-14(20)17(12-19)9-7-13(11-17)8-10-18-22-15(2,3)16(4,5)23-18/h13,19H,6-12H2,1-5H3. The van der Waals surface area contributed by atoms with Crippen molar-refractivity contribution in [3.05, 3.63) is 0 Å². The average molecular weight is 326 g/mol. The van der Waals surface area contributed by atoms with Gasteiger partial charge in [-0.15, -0.1) is 0 Å². The van der Waals surface area contributed by atoms with Gasteiger partial charge in [-0.1, -0.05) is 6.42 Å². The Bertz CT molecular complexity index is 421. The molecule has 132 valence electrons. The first kappa shape index (κ1) is 18.7. The van der Waals surface area contributed by atoms with Crippen LogP contribution in [0.5, 0.6) is 0 Å². The molecule has 1 aliphatic heterocycles. The molecule has 0 amide bonds. The fraction of sp³-hybridized carbons (Fsp3) is 0.941. The van der Waals surface area contributed by atoms with Gasteiger partial charge in [-0.25, -0.2) is 0 Å². The third kappa shape index (κ3) is 3.75. The largest absolute Gasteiger partial charge is 0.465 e. The molecule has 0 aromatic rings. The predicted octanol–water partition coefficient (Wildman–Crippen LogP) is 2.81. The summed E-state index contributed by atoms with van der Waals surface area (Å²) < 4.78 is 17.2. The molecule has 1 saturated carbocycles. The van der Waals surface area contributed by atoms with E-state index < -0.39 is 5.41 Å². The van der Waals surface area contributed by atoms with Crippen molar-refractivity contribution in [1.29, 1.82) is 0 Å². The van der Waals surface area contributed by atoms with Crippen molar-refractivity contribution < 1.29 is 23.9 Å². The molecule has 5 nitrogen and oxygen atoms in total. The molecule has 6 heteroatoms. The quantitative estimate of drug-likeness (QED) is 0.601. The van der Waals surface area contributed by atoms with E-state index in [4.69, 9.17) is 14.0 Å². The van der Waals surface area contributed by atoms with Crippen LogP contribution in [0.25, 0.3) is 0 Å². The van der Waals surface area contributed by atoms with Gasteiger partial charge in [-0.2, -0.15) is 0 Å². The Kier molecular flexibility index (Phi) is 5.49. The highest BCUT2D eigenvalue weighted by molar-refractivity contribution is 6.45. The molecule has 1 N–H and O–H groups in total. The number of rotatable bonds is 6. The molecule has 2 rings (SSSR count). The number of hydrogen-bond donors (Lipinski definition) is 1. The maximum absolute atomic E-state index is 12.1. The number of carbonyl (C=O) groups is 1. The Morgan fingerprint density at radius 1 is 1.26 bits per heavy atom. The summed E-state index contributed by atoms with van der Waals surface area (Å²) in [4.78, 5) is 12.1. The van der Waals surface area contributed by atoms with Crippen LogP contribution < -0.4 is 0 Å². The van der Waals surface area contributed by atoms with E-state index in [1.165, 1.54) is 0 Å². The molecule has 1 heterocycles. The van der Waals surface area contributed by atoms with Crippen molar-refractivity contribution in [2.24, 2.45) is 11.3 Å². The summed E-state index contributed by atoms with van der Waals surface area (Å²) in [6, 6.07) is 0. The van der Waals surface area contributed by atoms with Crippen LogP contribution in [0.2, 0.25) is 6.32 Å². The van der Waals surface area contributed by atoms with Crippen molar-refractivity contribution in [2.45, 2.75) is 77.8 Å². The van der Waals surface area contributed by atoms with Crippen LogP contribution in [0.1, 0.15) is 60.3 Å². The maximum Gasteiger partial charge on any atom is 0.457 e. The van der Waals surface area contributed by atoms with E-state index in [0.717, 1.165) is 19.2 Å². The minimum absolute atomic E-state index is 0.126. The maximum atomic E-state index is 12.1. The van der Waals surface area contributed by atoms with Crippen molar-refractivity contribution >= 4 is 13.1 Å². The van der Waals surface area contributed by atoms with Gasteiger partial charge in [0.25, 0.3) is 0 Å². The van der Waals surface area contributed by atoms with Crippen LogP contribution in [0.15, 0.2) is 0 Å². The lowest BCUT2D eigenvalue weighted by Gasteiger charge is -2.32. The first-order valence-electron chi connectivity index (χ1n) is 8.79. The van der Waals surface area contributed by atoms with Gasteiger partial charge in [0.15, 0.2) is 0 Å². The SMILES string of the molecule is CCOC(=O)C1(CO)CCC(CCB2OC(C)(C)C(C)(C)O2)C1. The monoisotopic (exact) mass is 326 g/mol. The highest BCUT2D eigenvalue weighted by Crippen LogP contribution is 2.45. The number of aliphatic hydroxyl groups is 1. The second kappa shape index (κ2) is 6.73. The minimum Gasteiger partial charge on any atom is -0.465 e. The van der Waals surface area contributed by atoms with Crippen molar-refractivity contribution in [2.75, 3.05) is 13.2 Å². The van der Waals surface area contributed by atoms with Crippen molar-refractivity contribution in [3.8, 4) is 0 Å². The first-order valence-corrected chi connectivity index (χ1v) is 8.79. The van der Waals surface area contributed by atoms with Gasteiger partial charge in [0.2, 0.25) is 0 Å². The van der Waals surface area contributed by atoms with Crippen LogP contribution >= 0.6 is 0 Å². The Morgan fingerprint density at radius 2 is 1.87 bits per heavy atom. The summed E-state index contributed by atoms with van der Waals surface area (Å²) in [7, 11) is -0.188. The van der Waals surface area contributed by atoms with Crippen LogP contribution in [0, 0.1) is 11.3 Å². The van der Waals surface area contributed by atoms with Crippen molar-refractivity contribution in [3.63, 3.8) is 0 Å². The molecule has 1 aliphatic carbocycles. The zero-order valence-corrected chi connectivity index (χ0v) is 15.2. The fourth-order valence-corrected chi connectivity index (χ4v) is 3.62. The molecule has 0 bridgehead atoms. The molecular formula is C17H31BO5. The van der Waals surface area contributed by atoms with E-state index in [1.807, 2.05) is 0 Å². The molecule has 1 saturated heterocycles. The highest BCUT2D eigenvalue weighted by Gasteiger charge is 2.51. The number of carbonyl (C=O) groups excluding carboxylic acids is 1. The normalized spacial score (nSPS) is 32.3. The van der Waals surface area contributed by atoms with E-state index in [2.05, 4.69) is 27.7 Å².